The molecule has 0 heterocycles. The summed E-state index contributed by atoms with van der Waals surface area (Å²) < 4.78 is 44.7. The van der Waals surface area contributed by atoms with E-state index in [1.165, 1.54) is 31.2 Å². The second-order valence-corrected chi connectivity index (χ2v) is 4.66. The lowest BCUT2D eigenvalue weighted by Gasteiger charge is -2.15. The molecule has 1 unspecified atom stereocenters. The Balaban J connectivity index is 2.05. The van der Waals surface area contributed by atoms with E-state index in [0.29, 0.717) is 23.7 Å². The average Bonchev–Trinajstić information content (AvgIpc) is 2.56. The van der Waals surface area contributed by atoms with Crippen LogP contribution in [0.1, 0.15) is 17.3 Å². The molecule has 0 aromatic heterocycles. The molecule has 2 aromatic rings. The van der Waals surface area contributed by atoms with Crippen molar-refractivity contribution in [2.45, 2.75) is 13.0 Å². The zero-order valence-electron chi connectivity index (χ0n) is 12.0. The standard InChI is InChI=1S/C16H12F3NO3/c1-9(23-11-4-2-10(8-21)3-5-11)16(22)20-13-7-6-12(17)14(18)15(13)19/h2-9H,1H3,(H,20,22). The fourth-order valence-corrected chi connectivity index (χ4v) is 1.74. The van der Waals surface area contributed by atoms with Crippen molar-refractivity contribution in [2.24, 2.45) is 0 Å². The van der Waals surface area contributed by atoms with Gasteiger partial charge in [-0.25, -0.2) is 13.2 Å². The molecule has 23 heavy (non-hydrogen) atoms. The number of hydrogen-bond donors (Lipinski definition) is 1. The highest BCUT2D eigenvalue weighted by Crippen LogP contribution is 2.20. The molecule has 2 aromatic carbocycles. The van der Waals surface area contributed by atoms with Gasteiger partial charge >= 0.3 is 0 Å². The number of benzene rings is 2. The Hall–Kier alpha value is -2.83. The van der Waals surface area contributed by atoms with Crippen molar-refractivity contribution in [3.63, 3.8) is 0 Å². The van der Waals surface area contributed by atoms with Crippen molar-refractivity contribution in [1.29, 1.82) is 0 Å². The summed E-state index contributed by atoms with van der Waals surface area (Å²) in [5.74, 6) is -4.92. The van der Waals surface area contributed by atoms with Crippen molar-refractivity contribution >= 4 is 17.9 Å². The largest absolute Gasteiger partial charge is 0.481 e. The van der Waals surface area contributed by atoms with E-state index in [-0.39, 0.29) is 0 Å². The Kier molecular flexibility index (Phi) is 5.00. The van der Waals surface area contributed by atoms with Gasteiger partial charge in [-0.05, 0) is 43.3 Å². The van der Waals surface area contributed by atoms with Gasteiger partial charge < -0.3 is 10.1 Å². The Labute approximate surface area is 129 Å². The van der Waals surface area contributed by atoms with Gasteiger partial charge in [0, 0.05) is 5.56 Å². The van der Waals surface area contributed by atoms with E-state index in [1.54, 1.807) is 0 Å². The zero-order valence-corrected chi connectivity index (χ0v) is 12.0. The molecular weight excluding hydrogens is 311 g/mol. The van der Waals surface area contributed by atoms with Crippen LogP contribution in [0.4, 0.5) is 18.9 Å². The number of carbonyl (C=O) groups is 2. The molecule has 0 aliphatic heterocycles. The SMILES string of the molecule is CC(Oc1ccc(C=O)cc1)C(=O)Nc1ccc(F)c(F)c1F. The number of nitrogens with one attached hydrogen (secondary N) is 1. The van der Waals surface area contributed by atoms with E-state index in [0.717, 1.165) is 6.07 Å². The van der Waals surface area contributed by atoms with Crippen LogP contribution in [-0.4, -0.2) is 18.3 Å². The summed E-state index contributed by atoms with van der Waals surface area (Å²) in [4.78, 5) is 22.5. The molecule has 2 rings (SSSR count). The third-order valence-electron chi connectivity index (χ3n) is 2.99. The van der Waals surface area contributed by atoms with Crippen LogP contribution < -0.4 is 10.1 Å². The molecule has 1 atom stereocenters. The normalized spacial score (nSPS) is 11.7. The third-order valence-corrected chi connectivity index (χ3v) is 2.99. The first-order chi connectivity index (χ1) is 10.9. The summed E-state index contributed by atoms with van der Waals surface area (Å²) in [5.41, 5.74) is -0.0426. The van der Waals surface area contributed by atoms with Crippen LogP contribution >= 0.6 is 0 Å². The topological polar surface area (TPSA) is 55.4 Å². The number of aldehydes is 1. The van der Waals surface area contributed by atoms with Crippen molar-refractivity contribution in [1.82, 2.24) is 0 Å². The van der Waals surface area contributed by atoms with Crippen LogP contribution in [0.3, 0.4) is 0 Å². The predicted molar refractivity (Wildman–Crippen MR) is 76.9 cm³/mol. The molecule has 0 aliphatic rings. The molecule has 0 saturated heterocycles. The van der Waals surface area contributed by atoms with Crippen LogP contribution in [0.15, 0.2) is 36.4 Å². The predicted octanol–water partition coefficient (Wildman–Crippen LogP) is 3.32. The van der Waals surface area contributed by atoms with Crippen LogP contribution in [0.5, 0.6) is 5.75 Å². The van der Waals surface area contributed by atoms with Crippen molar-refractivity contribution in [3.05, 3.63) is 59.4 Å². The van der Waals surface area contributed by atoms with E-state index in [4.69, 9.17) is 4.74 Å². The minimum atomic E-state index is -1.67. The van der Waals surface area contributed by atoms with Gasteiger partial charge in [-0.1, -0.05) is 0 Å². The molecule has 4 nitrogen and oxygen atoms in total. The number of anilines is 1. The van der Waals surface area contributed by atoms with E-state index < -0.39 is 35.2 Å². The first-order valence-corrected chi connectivity index (χ1v) is 6.58. The number of rotatable bonds is 5. The number of amides is 1. The van der Waals surface area contributed by atoms with Gasteiger partial charge in [0.1, 0.15) is 12.0 Å². The number of hydrogen-bond acceptors (Lipinski definition) is 3. The molecule has 0 aliphatic carbocycles. The maximum Gasteiger partial charge on any atom is 0.265 e. The maximum atomic E-state index is 13.5. The summed E-state index contributed by atoms with van der Waals surface area (Å²) in [6.07, 6.45) is -0.365. The lowest BCUT2D eigenvalue weighted by molar-refractivity contribution is -0.122. The average molecular weight is 323 g/mol. The van der Waals surface area contributed by atoms with Crippen LogP contribution in [-0.2, 0) is 4.79 Å². The molecule has 0 bridgehead atoms. The lowest BCUT2D eigenvalue weighted by atomic mass is 10.2. The van der Waals surface area contributed by atoms with E-state index in [9.17, 15) is 22.8 Å². The van der Waals surface area contributed by atoms with Crippen LogP contribution in [0.2, 0.25) is 0 Å². The summed E-state index contributed by atoms with van der Waals surface area (Å²) in [6, 6.07) is 7.61. The second kappa shape index (κ2) is 6.95. The Morgan fingerprint density at radius 2 is 1.74 bits per heavy atom. The van der Waals surface area contributed by atoms with Gasteiger partial charge in [-0.3, -0.25) is 9.59 Å². The summed E-state index contributed by atoms with van der Waals surface area (Å²) in [7, 11) is 0. The van der Waals surface area contributed by atoms with Crippen LogP contribution in [0, 0.1) is 17.5 Å². The van der Waals surface area contributed by atoms with Gasteiger partial charge in [0.05, 0.1) is 5.69 Å². The Morgan fingerprint density at radius 3 is 2.35 bits per heavy atom. The highest BCUT2D eigenvalue weighted by Gasteiger charge is 2.19. The first kappa shape index (κ1) is 16.5. The van der Waals surface area contributed by atoms with Gasteiger partial charge in [0.15, 0.2) is 23.6 Å². The van der Waals surface area contributed by atoms with E-state index >= 15 is 0 Å². The summed E-state index contributed by atoms with van der Waals surface area (Å²) in [5, 5.41) is 2.12. The van der Waals surface area contributed by atoms with Crippen LogP contribution in [0.25, 0.3) is 0 Å². The summed E-state index contributed by atoms with van der Waals surface area (Å²) in [6.45, 7) is 1.40. The maximum absolute atomic E-state index is 13.5. The number of carbonyl (C=O) groups excluding carboxylic acids is 2. The molecule has 0 radical (unpaired) electrons. The molecule has 120 valence electrons. The molecule has 0 saturated carbocycles. The molecule has 0 fully saturated rings. The monoisotopic (exact) mass is 323 g/mol. The van der Waals surface area contributed by atoms with Crippen molar-refractivity contribution < 1.29 is 27.5 Å². The van der Waals surface area contributed by atoms with Gasteiger partial charge in [-0.15, -0.1) is 0 Å². The highest BCUT2D eigenvalue weighted by molar-refractivity contribution is 5.94. The fourth-order valence-electron chi connectivity index (χ4n) is 1.74. The molecule has 0 spiro atoms. The molecule has 7 heteroatoms. The second-order valence-electron chi connectivity index (χ2n) is 4.66. The zero-order chi connectivity index (χ0) is 17.0. The minimum absolute atomic E-state index is 0.323. The minimum Gasteiger partial charge on any atom is -0.481 e. The lowest BCUT2D eigenvalue weighted by Crippen LogP contribution is -2.30. The first-order valence-electron chi connectivity index (χ1n) is 6.58. The summed E-state index contributed by atoms with van der Waals surface area (Å²) >= 11 is 0. The number of halogens is 3. The highest BCUT2D eigenvalue weighted by atomic mass is 19.2. The Bertz CT molecular complexity index is 732. The van der Waals surface area contributed by atoms with E-state index in [1.807, 2.05) is 0 Å². The van der Waals surface area contributed by atoms with E-state index in [2.05, 4.69) is 5.32 Å². The van der Waals surface area contributed by atoms with Gasteiger partial charge in [-0.2, -0.15) is 0 Å². The molecular formula is C16H12F3NO3. The Morgan fingerprint density at radius 1 is 1.09 bits per heavy atom. The van der Waals surface area contributed by atoms with Crippen molar-refractivity contribution in [2.75, 3.05) is 5.32 Å². The molecule has 1 amide bonds. The number of ether oxygens (including phenoxy) is 1. The molecule has 1 N–H and O–H groups in total. The van der Waals surface area contributed by atoms with Gasteiger partial charge in [0.25, 0.3) is 5.91 Å². The van der Waals surface area contributed by atoms with Crippen molar-refractivity contribution in [3.8, 4) is 5.75 Å². The van der Waals surface area contributed by atoms with Gasteiger partial charge in [0.2, 0.25) is 0 Å². The fraction of sp³-hybridized carbons (Fsp3) is 0.125. The smallest absolute Gasteiger partial charge is 0.265 e. The third kappa shape index (κ3) is 3.88. The quantitative estimate of drug-likeness (QED) is 0.678.